The minimum Gasteiger partial charge on any atom is -0.469 e. The van der Waals surface area contributed by atoms with Gasteiger partial charge in [-0.3, -0.25) is 9.36 Å². The number of halogens is 1. The van der Waals surface area contributed by atoms with Gasteiger partial charge < -0.3 is 19.3 Å². The van der Waals surface area contributed by atoms with E-state index in [1.54, 1.807) is 0 Å². The molecule has 0 bridgehead atoms. The fourth-order valence-corrected chi connectivity index (χ4v) is 2.05. The maximum absolute atomic E-state index is 13.2. The van der Waals surface area contributed by atoms with Gasteiger partial charge in [-0.15, -0.1) is 0 Å². The summed E-state index contributed by atoms with van der Waals surface area (Å²) in [6, 6.07) is 0. The van der Waals surface area contributed by atoms with E-state index in [2.05, 4.69) is 9.47 Å². The molecule has 0 aliphatic carbocycles. The number of carbonyl (C=O) groups is 2. The van der Waals surface area contributed by atoms with Crippen LogP contribution in [0.5, 0.6) is 0 Å². The molecule has 9 heteroatoms. The smallest absolute Gasteiger partial charge is 0.340 e. The Balaban J connectivity index is 4.66. The van der Waals surface area contributed by atoms with Crippen LogP contribution < -0.4 is 0 Å². The van der Waals surface area contributed by atoms with Gasteiger partial charge in [0, 0.05) is 6.42 Å². The summed E-state index contributed by atoms with van der Waals surface area (Å²) in [5.74, 6) is -3.58. The van der Waals surface area contributed by atoms with Crippen LogP contribution in [-0.2, 0) is 23.6 Å². The molecule has 0 rings (SSSR count). The highest BCUT2D eigenvalue weighted by atomic mass is 31.2. The molecule has 0 radical (unpaired) electrons. The van der Waals surface area contributed by atoms with E-state index >= 15 is 0 Å². The van der Waals surface area contributed by atoms with Crippen LogP contribution >= 0.6 is 7.60 Å². The lowest BCUT2D eigenvalue weighted by Gasteiger charge is -2.16. The summed E-state index contributed by atoms with van der Waals surface area (Å²) in [7, 11) is -2.54. The molecule has 0 amide bonds. The normalized spacial score (nSPS) is 14.9. The first-order chi connectivity index (χ1) is 7.71. The summed E-state index contributed by atoms with van der Waals surface area (Å²) < 4.78 is 32.3. The van der Waals surface area contributed by atoms with Gasteiger partial charge in [0.1, 0.15) is 0 Å². The first kappa shape index (κ1) is 16.0. The van der Waals surface area contributed by atoms with Crippen molar-refractivity contribution in [2.75, 3.05) is 20.4 Å². The number of rotatable bonds is 6. The second-order valence-corrected chi connectivity index (χ2v) is 4.99. The molecule has 17 heavy (non-hydrogen) atoms. The minimum absolute atomic E-state index is 0.690. The summed E-state index contributed by atoms with van der Waals surface area (Å²) in [4.78, 5) is 39.3. The average Bonchev–Trinajstić information content (AvgIpc) is 2.23. The zero-order valence-corrected chi connectivity index (χ0v) is 10.2. The number of hydrogen-bond acceptors (Lipinski definition) is 5. The molecular formula is C8H14FO7P. The Kier molecular flexibility index (Phi) is 6.30. The van der Waals surface area contributed by atoms with Crippen molar-refractivity contribution in [2.45, 2.75) is 12.6 Å². The lowest BCUT2D eigenvalue weighted by atomic mass is 10.0. The molecule has 0 aromatic carbocycles. The molecule has 0 heterocycles. The molecule has 0 saturated carbocycles. The largest absolute Gasteiger partial charge is 0.469 e. The van der Waals surface area contributed by atoms with Crippen LogP contribution in [-0.4, -0.2) is 48.3 Å². The Morgan fingerprint density at radius 1 is 1.24 bits per heavy atom. The fraction of sp³-hybridized carbons (Fsp3) is 0.750. The van der Waals surface area contributed by atoms with Gasteiger partial charge >= 0.3 is 19.5 Å². The van der Waals surface area contributed by atoms with E-state index in [4.69, 9.17) is 9.79 Å². The Morgan fingerprint density at radius 3 is 2.06 bits per heavy atom. The molecule has 0 aromatic heterocycles. The van der Waals surface area contributed by atoms with E-state index in [0.29, 0.717) is 0 Å². The van der Waals surface area contributed by atoms with Crippen molar-refractivity contribution < 1.29 is 37.8 Å². The number of alkyl halides is 1. The molecule has 2 unspecified atom stereocenters. The van der Waals surface area contributed by atoms with Gasteiger partial charge in [0.05, 0.1) is 26.3 Å². The van der Waals surface area contributed by atoms with Crippen molar-refractivity contribution in [1.29, 1.82) is 0 Å². The topological polar surface area (TPSA) is 110 Å². The summed E-state index contributed by atoms with van der Waals surface area (Å²) in [6.45, 7) is 0. The van der Waals surface area contributed by atoms with Gasteiger partial charge in [-0.05, 0) is 0 Å². The Hall–Kier alpha value is -0.980. The van der Waals surface area contributed by atoms with Gasteiger partial charge in [0.2, 0.25) is 0 Å². The van der Waals surface area contributed by atoms with Crippen LogP contribution in [0.4, 0.5) is 4.39 Å². The summed E-state index contributed by atoms with van der Waals surface area (Å²) in [5, 5.41) is 0. The van der Waals surface area contributed by atoms with Crippen LogP contribution in [0.1, 0.15) is 6.42 Å². The molecule has 100 valence electrons. The highest BCUT2D eigenvalue weighted by Crippen LogP contribution is 2.38. The number of carbonyl (C=O) groups excluding carboxylic acids is 2. The second kappa shape index (κ2) is 6.68. The number of methoxy groups -OCH3 is 2. The average molecular weight is 272 g/mol. The quantitative estimate of drug-likeness (QED) is 0.511. The zero-order valence-electron chi connectivity index (χ0n) is 9.33. The third-order valence-corrected chi connectivity index (χ3v) is 2.86. The van der Waals surface area contributed by atoms with E-state index in [1.807, 2.05) is 0 Å². The third kappa shape index (κ3) is 6.35. The maximum Gasteiger partial charge on any atom is 0.340 e. The van der Waals surface area contributed by atoms with Crippen LogP contribution in [0.25, 0.3) is 0 Å². The van der Waals surface area contributed by atoms with Gasteiger partial charge in [-0.25, -0.2) is 9.18 Å². The molecule has 0 fully saturated rings. The summed E-state index contributed by atoms with van der Waals surface area (Å²) >= 11 is 0. The number of esters is 2. The van der Waals surface area contributed by atoms with Crippen molar-refractivity contribution in [3.63, 3.8) is 0 Å². The molecule has 0 spiro atoms. The maximum atomic E-state index is 13.2. The number of hydrogen-bond donors (Lipinski definition) is 2. The van der Waals surface area contributed by atoms with Crippen molar-refractivity contribution in [1.82, 2.24) is 0 Å². The minimum atomic E-state index is -4.50. The molecule has 0 aliphatic rings. The Morgan fingerprint density at radius 2 is 1.71 bits per heavy atom. The van der Waals surface area contributed by atoms with Gasteiger partial charge in [0.15, 0.2) is 6.17 Å². The van der Waals surface area contributed by atoms with Crippen molar-refractivity contribution in [3.05, 3.63) is 0 Å². The van der Waals surface area contributed by atoms with Crippen LogP contribution in [0.3, 0.4) is 0 Å². The fourth-order valence-electron chi connectivity index (χ4n) is 1.17. The Labute approximate surface area is 97.1 Å². The second-order valence-electron chi connectivity index (χ2n) is 3.29. The molecule has 2 atom stereocenters. The zero-order chi connectivity index (χ0) is 13.6. The van der Waals surface area contributed by atoms with Crippen molar-refractivity contribution >= 4 is 19.5 Å². The first-order valence-electron chi connectivity index (χ1n) is 4.55. The lowest BCUT2D eigenvalue weighted by molar-refractivity contribution is -0.150. The molecule has 7 nitrogen and oxygen atoms in total. The van der Waals surface area contributed by atoms with Gasteiger partial charge in [0.25, 0.3) is 0 Å². The Bertz CT molecular complexity index is 326. The monoisotopic (exact) mass is 272 g/mol. The van der Waals surface area contributed by atoms with Crippen LogP contribution in [0.15, 0.2) is 0 Å². The third-order valence-electron chi connectivity index (χ3n) is 1.94. The molecule has 2 N–H and O–H groups in total. The highest BCUT2D eigenvalue weighted by Gasteiger charge is 2.33. The predicted octanol–water partition coefficient (Wildman–Crippen LogP) is -0.146. The molecule has 0 saturated heterocycles. The van der Waals surface area contributed by atoms with Crippen LogP contribution in [0, 0.1) is 5.92 Å². The first-order valence-corrected chi connectivity index (χ1v) is 6.35. The summed E-state index contributed by atoms with van der Waals surface area (Å²) in [5.41, 5.74) is 0. The van der Waals surface area contributed by atoms with Gasteiger partial charge in [-0.1, -0.05) is 0 Å². The lowest BCUT2D eigenvalue weighted by Crippen LogP contribution is -2.28. The van der Waals surface area contributed by atoms with Crippen LogP contribution in [0.2, 0.25) is 0 Å². The van der Waals surface area contributed by atoms with Crippen molar-refractivity contribution in [3.8, 4) is 0 Å². The molecule has 0 aliphatic heterocycles. The molecule has 0 aromatic rings. The van der Waals surface area contributed by atoms with E-state index < -0.39 is 44.2 Å². The van der Waals surface area contributed by atoms with Gasteiger partial charge in [-0.2, -0.15) is 0 Å². The number of ether oxygens (including phenoxy) is 2. The van der Waals surface area contributed by atoms with E-state index in [1.165, 1.54) is 0 Å². The van der Waals surface area contributed by atoms with E-state index in [-0.39, 0.29) is 0 Å². The van der Waals surface area contributed by atoms with E-state index in [9.17, 15) is 18.5 Å². The highest BCUT2D eigenvalue weighted by molar-refractivity contribution is 7.51. The molecular weight excluding hydrogens is 258 g/mol. The van der Waals surface area contributed by atoms with E-state index in [0.717, 1.165) is 14.2 Å². The standard InChI is InChI=1S/C8H14FO7P/c1-15-7(10)5(4-17(12,13)14)3-6(9)8(11)16-2/h5-6H,3-4H2,1-2H3,(H2,12,13,14). The predicted molar refractivity (Wildman–Crippen MR) is 53.9 cm³/mol. The SMILES string of the molecule is COC(=O)C(F)CC(CP(=O)(O)O)C(=O)OC. The summed E-state index contributed by atoms with van der Waals surface area (Å²) in [6.07, 6.45) is -3.70. The van der Waals surface area contributed by atoms with Crippen molar-refractivity contribution in [2.24, 2.45) is 5.92 Å².